The van der Waals surface area contributed by atoms with Crippen LogP contribution >= 0.6 is 0 Å². The molecule has 90 valence electrons. The van der Waals surface area contributed by atoms with Gasteiger partial charge in [-0.05, 0) is 24.4 Å². The molecule has 2 nitrogen and oxygen atoms in total. The summed E-state index contributed by atoms with van der Waals surface area (Å²) in [6.45, 7) is 8.72. The first kappa shape index (κ1) is 13.0. The zero-order chi connectivity index (χ0) is 12.0. The second kappa shape index (κ2) is 6.54. The van der Waals surface area contributed by atoms with E-state index in [0.29, 0.717) is 5.92 Å². The highest BCUT2D eigenvalue weighted by atomic mass is 16.5. The lowest BCUT2D eigenvalue weighted by Crippen LogP contribution is -2.23. The summed E-state index contributed by atoms with van der Waals surface area (Å²) >= 11 is 0. The molecule has 0 saturated heterocycles. The molecule has 1 aromatic carbocycles. The Labute approximate surface area is 99.0 Å². The maximum Gasteiger partial charge on any atom is 0.123 e. The van der Waals surface area contributed by atoms with Crippen LogP contribution in [0.1, 0.15) is 26.3 Å². The van der Waals surface area contributed by atoms with Crippen LogP contribution in [0.15, 0.2) is 24.3 Å². The van der Waals surface area contributed by atoms with Gasteiger partial charge in [-0.15, -0.1) is 0 Å². The van der Waals surface area contributed by atoms with Gasteiger partial charge in [0.2, 0.25) is 0 Å². The van der Waals surface area contributed by atoms with E-state index in [1.165, 1.54) is 5.56 Å². The van der Waals surface area contributed by atoms with E-state index in [2.05, 4.69) is 32.2 Å². The van der Waals surface area contributed by atoms with Crippen LogP contribution in [0.4, 0.5) is 0 Å². The van der Waals surface area contributed by atoms with Gasteiger partial charge in [0.15, 0.2) is 0 Å². The molecule has 0 aliphatic rings. The largest absolute Gasteiger partial charge is 0.496 e. The van der Waals surface area contributed by atoms with Gasteiger partial charge in [-0.3, -0.25) is 0 Å². The van der Waals surface area contributed by atoms with Crippen molar-refractivity contribution in [3.63, 3.8) is 0 Å². The number of methoxy groups -OCH3 is 1. The van der Waals surface area contributed by atoms with Crippen molar-refractivity contribution in [3.05, 3.63) is 29.8 Å². The number of hydrogen-bond donors (Lipinski definition) is 1. The minimum Gasteiger partial charge on any atom is -0.496 e. The fraction of sp³-hybridized carbons (Fsp3) is 0.571. The maximum atomic E-state index is 5.31. The molecule has 0 radical (unpaired) electrons. The van der Waals surface area contributed by atoms with E-state index in [9.17, 15) is 0 Å². The van der Waals surface area contributed by atoms with Gasteiger partial charge < -0.3 is 10.1 Å². The molecule has 0 aliphatic heterocycles. The third kappa shape index (κ3) is 3.86. The Morgan fingerprint density at radius 3 is 2.50 bits per heavy atom. The SMILES string of the molecule is COc1ccccc1CNCC(C)C(C)C. The first-order valence-electron chi connectivity index (χ1n) is 5.97. The highest BCUT2D eigenvalue weighted by molar-refractivity contribution is 5.32. The molecular weight excluding hydrogens is 198 g/mol. The van der Waals surface area contributed by atoms with E-state index < -0.39 is 0 Å². The minimum absolute atomic E-state index is 0.703. The lowest BCUT2D eigenvalue weighted by Gasteiger charge is -2.16. The molecule has 0 aliphatic carbocycles. The average molecular weight is 221 g/mol. The summed E-state index contributed by atoms with van der Waals surface area (Å²) in [4.78, 5) is 0. The van der Waals surface area contributed by atoms with E-state index in [1.54, 1.807) is 7.11 Å². The molecule has 0 fully saturated rings. The predicted octanol–water partition coefficient (Wildman–Crippen LogP) is 3.08. The van der Waals surface area contributed by atoms with Gasteiger partial charge in [0.1, 0.15) is 5.75 Å². The quantitative estimate of drug-likeness (QED) is 0.797. The van der Waals surface area contributed by atoms with Crippen LogP contribution in [0.3, 0.4) is 0 Å². The maximum absolute atomic E-state index is 5.31. The minimum atomic E-state index is 0.703. The monoisotopic (exact) mass is 221 g/mol. The molecule has 0 aromatic heterocycles. The van der Waals surface area contributed by atoms with Crippen molar-refractivity contribution in [2.45, 2.75) is 27.3 Å². The van der Waals surface area contributed by atoms with Crippen LogP contribution in [-0.4, -0.2) is 13.7 Å². The Morgan fingerprint density at radius 2 is 1.88 bits per heavy atom. The van der Waals surface area contributed by atoms with E-state index in [-0.39, 0.29) is 0 Å². The second-order valence-electron chi connectivity index (χ2n) is 4.66. The standard InChI is InChI=1S/C14H23NO/c1-11(2)12(3)9-15-10-13-7-5-6-8-14(13)16-4/h5-8,11-12,15H,9-10H2,1-4H3. The van der Waals surface area contributed by atoms with Gasteiger partial charge in [-0.25, -0.2) is 0 Å². The van der Waals surface area contributed by atoms with Crippen molar-refractivity contribution >= 4 is 0 Å². The van der Waals surface area contributed by atoms with Gasteiger partial charge in [-0.1, -0.05) is 39.0 Å². The van der Waals surface area contributed by atoms with Crippen LogP contribution in [0.5, 0.6) is 5.75 Å². The summed E-state index contributed by atoms with van der Waals surface area (Å²) < 4.78 is 5.31. The zero-order valence-electron chi connectivity index (χ0n) is 10.8. The fourth-order valence-corrected chi connectivity index (χ4v) is 1.52. The summed E-state index contributed by atoms with van der Waals surface area (Å²) in [7, 11) is 1.72. The number of ether oxygens (including phenoxy) is 1. The van der Waals surface area contributed by atoms with Gasteiger partial charge in [0.05, 0.1) is 7.11 Å². The smallest absolute Gasteiger partial charge is 0.123 e. The molecule has 2 heteroatoms. The van der Waals surface area contributed by atoms with Crippen molar-refractivity contribution in [1.82, 2.24) is 5.32 Å². The Morgan fingerprint density at radius 1 is 1.19 bits per heavy atom. The highest BCUT2D eigenvalue weighted by Gasteiger charge is 2.07. The van der Waals surface area contributed by atoms with Crippen molar-refractivity contribution < 1.29 is 4.74 Å². The third-order valence-corrected chi connectivity index (χ3v) is 3.11. The van der Waals surface area contributed by atoms with Crippen molar-refractivity contribution in [3.8, 4) is 5.75 Å². The van der Waals surface area contributed by atoms with Gasteiger partial charge >= 0.3 is 0 Å². The first-order valence-corrected chi connectivity index (χ1v) is 5.97. The van der Waals surface area contributed by atoms with Crippen LogP contribution < -0.4 is 10.1 Å². The van der Waals surface area contributed by atoms with E-state index in [0.717, 1.165) is 24.8 Å². The van der Waals surface area contributed by atoms with Gasteiger partial charge in [0, 0.05) is 12.1 Å². The molecule has 0 bridgehead atoms. The first-order chi connectivity index (χ1) is 7.65. The predicted molar refractivity (Wildman–Crippen MR) is 68.7 cm³/mol. The molecule has 0 heterocycles. The number of nitrogens with one attached hydrogen (secondary N) is 1. The molecule has 16 heavy (non-hydrogen) atoms. The van der Waals surface area contributed by atoms with Crippen LogP contribution in [-0.2, 0) is 6.54 Å². The Balaban J connectivity index is 2.42. The molecule has 0 spiro atoms. The second-order valence-corrected chi connectivity index (χ2v) is 4.66. The van der Waals surface area contributed by atoms with E-state index in [4.69, 9.17) is 4.74 Å². The summed E-state index contributed by atoms with van der Waals surface area (Å²) in [5.41, 5.74) is 1.22. The van der Waals surface area contributed by atoms with Crippen molar-refractivity contribution in [1.29, 1.82) is 0 Å². The number of para-hydroxylation sites is 1. The van der Waals surface area contributed by atoms with Crippen molar-refractivity contribution in [2.24, 2.45) is 11.8 Å². The lowest BCUT2D eigenvalue weighted by atomic mass is 9.98. The number of hydrogen-bond acceptors (Lipinski definition) is 2. The summed E-state index contributed by atoms with van der Waals surface area (Å²) in [5.74, 6) is 2.40. The molecule has 1 N–H and O–H groups in total. The molecular formula is C14H23NO. The molecule has 0 amide bonds. The Hall–Kier alpha value is -1.02. The Bertz CT molecular complexity index is 309. The van der Waals surface area contributed by atoms with Crippen LogP contribution in [0.25, 0.3) is 0 Å². The topological polar surface area (TPSA) is 21.3 Å². The third-order valence-electron chi connectivity index (χ3n) is 3.11. The van der Waals surface area contributed by atoms with Gasteiger partial charge in [0.25, 0.3) is 0 Å². The van der Waals surface area contributed by atoms with Gasteiger partial charge in [-0.2, -0.15) is 0 Å². The summed E-state index contributed by atoms with van der Waals surface area (Å²) in [5, 5.41) is 3.48. The van der Waals surface area contributed by atoms with Crippen LogP contribution in [0.2, 0.25) is 0 Å². The zero-order valence-corrected chi connectivity index (χ0v) is 10.8. The summed E-state index contributed by atoms with van der Waals surface area (Å²) in [6, 6.07) is 8.15. The summed E-state index contributed by atoms with van der Waals surface area (Å²) in [6.07, 6.45) is 0. The van der Waals surface area contributed by atoms with E-state index >= 15 is 0 Å². The number of benzene rings is 1. The average Bonchev–Trinajstić information content (AvgIpc) is 2.29. The van der Waals surface area contributed by atoms with Crippen molar-refractivity contribution in [2.75, 3.05) is 13.7 Å². The Kier molecular flexibility index (Phi) is 5.33. The molecule has 1 rings (SSSR count). The molecule has 1 unspecified atom stereocenters. The lowest BCUT2D eigenvalue weighted by molar-refractivity contribution is 0.384. The van der Waals surface area contributed by atoms with Crippen LogP contribution in [0, 0.1) is 11.8 Å². The molecule has 1 aromatic rings. The fourth-order valence-electron chi connectivity index (χ4n) is 1.52. The molecule has 0 saturated carbocycles. The number of rotatable bonds is 6. The van der Waals surface area contributed by atoms with E-state index in [1.807, 2.05) is 18.2 Å². The normalized spacial score (nSPS) is 12.8. The highest BCUT2D eigenvalue weighted by Crippen LogP contribution is 2.17. The molecule has 1 atom stereocenters.